The van der Waals surface area contributed by atoms with Crippen LogP contribution >= 0.6 is 0 Å². The van der Waals surface area contributed by atoms with Crippen molar-refractivity contribution in [2.45, 2.75) is 13.0 Å². The van der Waals surface area contributed by atoms with Crippen LogP contribution in [0.2, 0.25) is 0 Å². The van der Waals surface area contributed by atoms with Gasteiger partial charge in [-0.05, 0) is 38.4 Å². The second-order valence-electron chi connectivity index (χ2n) is 9.94. The third kappa shape index (κ3) is 5.13. The van der Waals surface area contributed by atoms with Gasteiger partial charge in [-0.1, -0.05) is 24.8 Å². The van der Waals surface area contributed by atoms with Gasteiger partial charge in [0.1, 0.15) is 5.75 Å². The van der Waals surface area contributed by atoms with E-state index in [1.54, 1.807) is 19.4 Å². The van der Waals surface area contributed by atoms with Crippen LogP contribution in [0.15, 0.2) is 61.3 Å². The number of rotatable bonds is 10. The van der Waals surface area contributed by atoms with Crippen LogP contribution in [-0.4, -0.2) is 72.5 Å². The van der Waals surface area contributed by atoms with E-state index in [9.17, 15) is 9.59 Å². The fourth-order valence-electron chi connectivity index (χ4n) is 5.00. The Kier molecular flexibility index (Phi) is 7.52. The molecular weight excluding hydrogens is 506 g/mol. The smallest absolute Gasteiger partial charge is 0.247 e. The summed E-state index contributed by atoms with van der Waals surface area (Å²) in [4.78, 5) is 38.5. The zero-order valence-electron chi connectivity index (χ0n) is 23.2. The monoisotopic (exact) mass is 539 g/mol. The number of fused-ring (bicyclic) bond motifs is 3. The summed E-state index contributed by atoms with van der Waals surface area (Å²) < 4.78 is 7.79. The molecule has 3 heterocycles. The Morgan fingerprint density at radius 2 is 1.95 bits per heavy atom. The lowest BCUT2D eigenvalue weighted by molar-refractivity contribution is -0.111. The van der Waals surface area contributed by atoms with Crippen LogP contribution in [0.5, 0.6) is 5.75 Å². The SMILES string of the molecule is C=CC(=O)Nc1cc(Nc2nccc(-c3c4n(c5ccccc35)CCC4=O)n2)c(OC)cc1N(C)CCN(C)C. The van der Waals surface area contributed by atoms with E-state index in [4.69, 9.17) is 9.72 Å². The molecule has 0 saturated carbocycles. The summed E-state index contributed by atoms with van der Waals surface area (Å²) in [5.41, 5.74) is 5.12. The highest BCUT2D eigenvalue weighted by molar-refractivity contribution is 6.12. The van der Waals surface area contributed by atoms with Crippen LogP contribution in [0.4, 0.5) is 23.0 Å². The summed E-state index contributed by atoms with van der Waals surface area (Å²) in [6.45, 7) is 5.81. The Bertz CT molecular complexity index is 1610. The zero-order valence-corrected chi connectivity index (χ0v) is 23.2. The number of hydrogen-bond acceptors (Lipinski definition) is 8. The maximum atomic E-state index is 12.9. The number of ether oxygens (including phenoxy) is 1. The Hall–Kier alpha value is -4.70. The predicted octanol–water partition coefficient (Wildman–Crippen LogP) is 4.56. The van der Waals surface area contributed by atoms with Gasteiger partial charge in [0, 0.05) is 61.8 Å². The Morgan fingerprint density at radius 1 is 1.15 bits per heavy atom. The van der Waals surface area contributed by atoms with Crippen molar-refractivity contribution in [3.05, 3.63) is 67.0 Å². The van der Waals surface area contributed by atoms with E-state index < -0.39 is 0 Å². The number of anilines is 4. The maximum Gasteiger partial charge on any atom is 0.247 e. The standard InChI is InChI=1S/C30H33N7O3/c1-6-27(39)32-21-17-22(26(40-5)18-24(21)36(4)16-15-35(2)3)34-30-31-13-11-20(33-30)28-19-9-7-8-10-23(19)37-14-12-25(38)29(28)37/h6-11,13,17-18H,1,12,14-16H2,2-5H3,(H,32,39)(H,31,33,34). The number of carbonyl (C=O) groups excluding carboxylic acids is 2. The fourth-order valence-corrected chi connectivity index (χ4v) is 5.00. The number of para-hydroxylation sites is 1. The number of aromatic nitrogens is 3. The second kappa shape index (κ2) is 11.2. The van der Waals surface area contributed by atoms with Gasteiger partial charge in [-0.25, -0.2) is 9.97 Å². The van der Waals surface area contributed by atoms with Crippen molar-refractivity contribution >= 4 is 45.6 Å². The fraction of sp³-hybridized carbons (Fsp3) is 0.267. The van der Waals surface area contributed by atoms with Crippen molar-refractivity contribution < 1.29 is 14.3 Å². The highest BCUT2D eigenvalue weighted by Gasteiger charge is 2.29. The molecule has 206 valence electrons. The molecule has 10 heteroatoms. The normalized spacial score (nSPS) is 12.5. The lowest BCUT2D eigenvalue weighted by atomic mass is 10.0. The van der Waals surface area contributed by atoms with Crippen LogP contribution in [0, 0.1) is 0 Å². The van der Waals surface area contributed by atoms with E-state index in [0.717, 1.165) is 35.2 Å². The summed E-state index contributed by atoms with van der Waals surface area (Å²) in [6, 6.07) is 13.5. The molecule has 0 atom stereocenters. The molecule has 0 saturated heterocycles. The highest BCUT2D eigenvalue weighted by Crippen LogP contribution is 2.40. The number of ketones is 1. The van der Waals surface area contributed by atoms with Crippen molar-refractivity contribution in [3.63, 3.8) is 0 Å². The van der Waals surface area contributed by atoms with E-state index in [-0.39, 0.29) is 11.7 Å². The number of aryl methyl sites for hydroxylation is 1. The van der Waals surface area contributed by atoms with Gasteiger partial charge in [0.05, 0.1) is 35.6 Å². The number of methoxy groups -OCH3 is 1. The third-order valence-corrected chi connectivity index (χ3v) is 7.01. The van der Waals surface area contributed by atoms with E-state index in [1.165, 1.54) is 6.08 Å². The van der Waals surface area contributed by atoms with Gasteiger partial charge in [-0.2, -0.15) is 0 Å². The number of carbonyl (C=O) groups is 2. The Balaban J connectivity index is 1.54. The van der Waals surface area contributed by atoms with Gasteiger partial charge in [-0.3, -0.25) is 9.59 Å². The first-order valence-corrected chi connectivity index (χ1v) is 13.1. The number of hydrogen-bond donors (Lipinski definition) is 2. The number of amides is 1. The maximum absolute atomic E-state index is 12.9. The first kappa shape index (κ1) is 26.9. The third-order valence-electron chi connectivity index (χ3n) is 7.01. The van der Waals surface area contributed by atoms with Gasteiger partial charge < -0.3 is 29.7 Å². The van der Waals surface area contributed by atoms with E-state index >= 15 is 0 Å². The largest absolute Gasteiger partial charge is 0.494 e. The van der Waals surface area contributed by atoms with Crippen LogP contribution in [-0.2, 0) is 11.3 Å². The summed E-state index contributed by atoms with van der Waals surface area (Å²) >= 11 is 0. The molecule has 5 rings (SSSR count). The lowest BCUT2D eigenvalue weighted by Gasteiger charge is -2.26. The number of benzene rings is 2. The zero-order chi connectivity index (χ0) is 28.4. The molecular formula is C30H33N7O3. The van der Waals surface area contributed by atoms with Gasteiger partial charge in [0.2, 0.25) is 11.9 Å². The van der Waals surface area contributed by atoms with Crippen LogP contribution in [0.25, 0.3) is 22.2 Å². The van der Waals surface area contributed by atoms with E-state index in [0.29, 0.717) is 47.4 Å². The summed E-state index contributed by atoms with van der Waals surface area (Å²) in [5.74, 6) is 0.677. The minimum atomic E-state index is -0.323. The van der Waals surface area contributed by atoms with Crippen molar-refractivity contribution in [2.75, 3.05) is 56.9 Å². The Morgan fingerprint density at radius 3 is 2.70 bits per heavy atom. The van der Waals surface area contributed by atoms with Crippen molar-refractivity contribution in [1.82, 2.24) is 19.4 Å². The minimum absolute atomic E-state index is 0.109. The molecule has 1 aliphatic heterocycles. The molecule has 2 N–H and O–H groups in total. The molecule has 0 radical (unpaired) electrons. The molecule has 2 aromatic carbocycles. The van der Waals surface area contributed by atoms with Crippen LogP contribution in [0.3, 0.4) is 0 Å². The summed E-state index contributed by atoms with van der Waals surface area (Å²) in [7, 11) is 7.57. The predicted molar refractivity (Wildman–Crippen MR) is 159 cm³/mol. The number of Topliss-reactive ketones (excluding diaryl/α,β-unsaturated/α-hetero) is 1. The number of likely N-dealkylation sites (N-methyl/N-ethyl adjacent to an activating group) is 2. The van der Waals surface area contributed by atoms with Crippen LogP contribution < -0.4 is 20.3 Å². The average molecular weight is 540 g/mol. The topological polar surface area (TPSA) is 105 Å². The molecule has 4 aromatic rings. The van der Waals surface area contributed by atoms with Crippen molar-refractivity contribution in [1.29, 1.82) is 0 Å². The van der Waals surface area contributed by atoms with Gasteiger partial charge in [0.25, 0.3) is 0 Å². The van der Waals surface area contributed by atoms with E-state index in [1.807, 2.05) is 57.5 Å². The molecule has 10 nitrogen and oxygen atoms in total. The van der Waals surface area contributed by atoms with Crippen LogP contribution in [0.1, 0.15) is 16.9 Å². The van der Waals surface area contributed by atoms with Gasteiger partial charge in [0.15, 0.2) is 5.78 Å². The van der Waals surface area contributed by atoms with Crippen molar-refractivity contribution in [3.8, 4) is 17.0 Å². The molecule has 1 amide bonds. The molecule has 2 aromatic heterocycles. The summed E-state index contributed by atoms with van der Waals surface area (Å²) in [6.07, 6.45) is 3.38. The lowest BCUT2D eigenvalue weighted by Crippen LogP contribution is -2.29. The second-order valence-corrected chi connectivity index (χ2v) is 9.94. The van der Waals surface area contributed by atoms with Crippen molar-refractivity contribution in [2.24, 2.45) is 0 Å². The summed E-state index contributed by atoms with van der Waals surface area (Å²) in [5, 5.41) is 7.14. The number of nitrogens with zero attached hydrogens (tertiary/aromatic N) is 5. The number of nitrogens with one attached hydrogen (secondary N) is 2. The minimum Gasteiger partial charge on any atom is -0.494 e. The Labute approximate surface area is 233 Å². The highest BCUT2D eigenvalue weighted by atomic mass is 16.5. The quantitative estimate of drug-likeness (QED) is 0.283. The molecule has 0 fully saturated rings. The van der Waals surface area contributed by atoms with Gasteiger partial charge in [-0.15, -0.1) is 0 Å². The molecule has 40 heavy (non-hydrogen) atoms. The molecule has 0 spiro atoms. The van der Waals surface area contributed by atoms with Gasteiger partial charge >= 0.3 is 0 Å². The first-order chi connectivity index (χ1) is 19.3. The molecule has 0 bridgehead atoms. The average Bonchev–Trinajstić information content (AvgIpc) is 3.49. The first-order valence-electron chi connectivity index (χ1n) is 13.1. The molecule has 0 aliphatic carbocycles. The molecule has 0 unspecified atom stereocenters. The van der Waals surface area contributed by atoms with E-state index in [2.05, 4.69) is 36.6 Å². The molecule has 1 aliphatic rings.